The Hall–Kier alpha value is -1.40. The molecule has 2 nitrogen and oxygen atoms in total. The molecule has 0 aliphatic carbocycles. The molecule has 0 atom stereocenters. The van der Waals surface area contributed by atoms with E-state index < -0.39 is 20.8 Å². The van der Waals surface area contributed by atoms with Gasteiger partial charge in [0.15, 0.2) is 0 Å². The van der Waals surface area contributed by atoms with Gasteiger partial charge in [0, 0.05) is 34.3 Å². The fourth-order valence-electron chi connectivity index (χ4n) is 3.82. The fourth-order valence-corrected chi connectivity index (χ4v) is 4.81. The standard InChI is InChI=1S/2C14H9BrN.C2H6Si.2ClH.Zr/c2*15-14-3-1-2-11-8-12(9-13(11)14)10-4-6-16-7-5-10;1-3-2;;;/h2*1-9H;1-2H3;2*1H;/q2*-1;;;;+4/p-2. The van der Waals surface area contributed by atoms with E-state index in [2.05, 4.69) is 116 Å². The number of rotatable bonds is 2. The second-order valence-electron chi connectivity index (χ2n) is 8.02. The van der Waals surface area contributed by atoms with Crippen molar-refractivity contribution >= 4 is 80.0 Å². The first kappa shape index (κ1) is 31.1. The fraction of sp³-hybridized carbons (Fsp3) is 0.0667. The number of aromatic nitrogens is 2. The van der Waals surface area contributed by atoms with Crippen LogP contribution in [0.25, 0.3) is 43.8 Å². The maximum absolute atomic E-state index is 4.93. The molecule has 0 bridgehead atoms. The summed E-state index contributed by atoms with van der Waals surface area (Å²) in [6.07, 6.45) is 7.29. The molecule has 2 heterocycles. The Morgan fingerprint density at radius 1 is 0.658 bits per heavy atom. The third-order valence-electron chi connectivity index (χ3n) is 5.42. The van der Waals surface area contributed by atoms with Crippen molar-refractivity contribution in [2.75, 3.05) is 0 Å². The van der Waals surface area contributed by atoms with Gasteiger partial charge in [-0.1, -0.05) is 105 Å². The van der Waals surface area contributed by atoms with Gasteiger partial charge >= 0.3 is 37.9 Å². The van der Waals surface area contributed by atoms with Crippen LogP contribution in [0, 0.1) is 0 Å². The number of nitrogens with zero attached hydrogens (tertiary/aromatic N) is 2. The normalized spacial score (nSPS) is 9.84. The predicted octanol–water partition coefficient (Wildman–Crippen LogP) is 10.9. The van der Waals surface area contributed by atoms with Gasteiger partial charge in [-0.05, 0) is 8.95 Å². The van der Waals surface area contributed by atoms with Crippen molar-refractivity contribution in [1.82, 2.24) is 9.97 Å². The maximum atomic E-state index is 4.93. The average molecular weight is 763 g/mol. The van der Waals surface area contributed by atoms with Crippen LogP contribution < -0.4 is 0 Å². The zero-order valence-electron chi connectivity index (χ0n) is 20.8. The van der Waals surface area contributed by atoms with E-state index in [1.54, 1.807) is 0 Å². The van der Waals surface area contributed by atoms with Gasteiger partial charge in [0.25, 0.3) is 0 Å². The van der Waals surface area contributed by atoms with Gasteiger partial charge in [0.05, 0.1) is 0 Å². The van der Waals surface area contributed by atoms with E-state index >= 15 is 0 Å². The number of fused-ring (bicyclic) bond motifs is 2. The van der Waals surface area contributed by atoms with Gasteiger partial charge in [-0.3, -0.25) is 9.97 Å². The van der Waals surface area contributed by atoms with Crippen LogP contribution in [0.4, 0.5) is 0 Å². The van der Waals surface area contributed by atoms with Crippen LogP contribution in [0.5, 0.6) is 0 Å². The molecule has 0 saturated carbocycles. The van der Waals surface area contributed by atoms with Crippen LogP contribution in [0.15, 0.2) is 119 Å². The van der Waals surface area contributed by atoms with Crippen molar-refractivity contribution in [2.24, 2.45) is 0 Å². The van der Waals surface area contributed by atoms with Gasteiger partial charge in [-0.15, -0.1) is 69.1 Å². The molecular formula is C30H24Br2Cl2N2SiZr. The molecule has 6 rings (SSSR count). The van der Waals surface area contributed by atoms with Crippen LogP contribution in [-0.4, -0.2) is 19.5 Å². The van der Waals surface area contributed by atoms with E-state index in [-0.39, 0.29) is 0 Å². The van der Waals surface area contributed by atoms with Crippen molar-refractivity contribution in [1.29, 1.82) is 0 Å². The molecule has 0 aliphatic rings. The molecule has 0 fully saturated rings. The Morgan fingerprint density at radius 2 is 1.00 bits per heavy atom. The van der Waals surface area contributed by atoms with E-state index in [9.17, 15) is 0 Å². The van der Waals surface area contributed by atoms with Gasteiger partial charge in [-0.2, -0.15) is 0 Å². The first-order chi connectivity index (χ1) is 18.5. The van der Waals surface area contributed by atoms with Gasteiger partial charge < -0.3 is 0 Å². The van der Waals surface area contributed by atoms with E-state index in [0.717, 1.165) is 18.5 Å². The molecule has 0 spiro atoms. The number of benzene rings is 2. The predicted molar refractivity (Wildman–Crippen MR) is 170 cm³/mol. The minimum absolute atomic E-state index is 0.826. The number of hydrogen-bond donors (Lipinski definition) is 0. The van der Waals surface area contributed by atoms with Gasteiger partial charge in [0.1, 0.15) is 0 Å². The zero-order chi connectivity index (χ0) is 27.3. The summed E-state index contributed by atoms with van der Waals surface area (Å²) < 4.78 is 2.29. The quantitative estimate of drug-likeness (QED) is 0.130. The monoisotopic (exact) mass is 758 g/mol. The molecular weight excluding hydrogens is 738 g/mol. The van der Waals surface area contributed by atoms with E-state index in [0.29, 0.717) is 0 Å². The summed E-state index contributed by atoms with van der Waals surface area (Å²) in [6.45, 7) is 4.31. The molecule has 0 amide bonds. The van der Waals surface area contributed by atoms with Gasteiger partial charge in [0.2, 0.25) is 0 Å². The molecule has 8 heteroatoms. The first-order valence-corrected chi connectivity index (χ1v) is 21.5. The molecule has 4 aromatic carbocycles. The van der Waals surface area contributed by atoms with Crippen LogP contribution in [0.2, 0.25) is 13.1 Å². The topological polar surface area (TPSA) is 25.8 Å². The SMILES string of the molecule is Brc1cccc2[cH-]c(-c3ccncc3)cc12.Brc1cccc2[cH-]c(-c3ccncc3)cc12.C[Si]C.[Cl][Zr+2][Cl]. The van der Waals surface area contributed by atoms with Crippen molar-refractivity contribution in [2.45, 2.75) is 13.1 Å². The van der Waals surface area contributed by atoms with Crippen LogP contribution in [0.3, 0.4) is 0 Å². The Kier molecular flexibility index (Phi) is 13.6. The summed E-state index contributed by atoms with van der Waals surface area (Å²) in [4.78, 5) is 8.07. The van der Waals surface area contributed by atoms with E-state index in [1.165, 1.54) is 43.8 Å². The summed E-state index contributed by atoms with van der Waals surface area (Å²) in [5, 5.41) is 5.05. The Bertz CT molecular complexity index is 1420. The molecule has 190 valence electrons. The van der Waals surface area contributed by atoms with E-state index in [1.807, 2.05) is 49.1 Å². The van der Waals surface area contributed by atoms with Crippen LogP contribution >= 0.6 is 48.9 Å². The second kappa shape index (κ2) is 16.6. The number of hydrogen-bond acceptors (Lipinski definition) is 2. The molecule has 2 radical (unpaired) electrons. The summed E-state index contributed by atoms with van der Waals surface area (Å²) >= 11 is 6.32. The third-order valence-corrected chi connectivity index (χ3v) is 6.81. The Labute approximate surface area is 262 Å². The zero-order valence-corrected chi connectivity index (χ0v) is 28.9. The van der Waals surface area contributed by atoms with Crippen molar-refractivity contribution in [3.8, 4) is 22.3 Å². The van der Waals surface area contributed by atoms with Crippen LogP contribution in [-0.2, 0) is 20.8 Å². The molecule has 0 unspecified atom stereocenters. The molecule has 0 aliphatic heterocycles. The molecule has 6 aromatic rings. The number of pyridine rings is 2. The summed E-state index contributed by atoms with van der Waals surface area (Å²) in [5.74, 6) is 0. The summed E-state index contributed by atoms with van der Waals surface area (Å²) in [6, 6.07) is 29.4. The second-order valence-corrected chi connectivity index (χ2v) is 14.5. The Balaban J connectivity index is 0.000000175. The number of halogens is 4. The van der Waals surface area contributed by atoms with E-state index in [4.69, 9.17) is 17.0 Å². The molecule has 38 heavy (non-hydrogen) atoms. The van der Waals surface area contributed by atoms with Crippen LogP contribution in [0.1, 0.15) is 0 Å². The van der Waals surface area contributed by atoms with Crippen molar-refractivity contribution in [3.05, 3.63) is 119 Å². The van der Waals surface area contributed by atoms with Gasteiger partial charge in [-0.25, -0.2) is 0 Å². The first-order valence-electron chi connectivity index (χ1n) is 11.6. The van der Waals surface area contributed by atoms with Crippen molar-refractivity contribution < 1.29 is 20.8 Å². The summed E-state index contributed by atoms with van der Waals surface area (Å²) in [5.41, 5.74) is 4.89. The molecule has 2 aromatic heterocycles. The Morgan fingerprint density at radius 3 is 1.32 bits per heavy atom. The van der Waals surface area contributed by atoms with Crippen molar-refractivity contribution in [3.63, 3.8) is 0 Å². The average Bonchev–Trinajstić information content (AvgIpc) is 3.58. The third kappa shape index (κ3) is 8.81. The summed E-state index contributed by atoms with van der Waals surface area (Å²) in [7, 11) is 11.0. The minimum atomic E-state index is -0.826. The molecule has 0 N–H and O–H groups in total. The molecule has 0 saturated heterocycles.